The van der Waals surface area contributed by atoms with Crippen LogP contribution < -0.4 is 15.1 Å². The Labute approximate surface area is 194 Å². The molecular formula is C26H27ClN4O. The van der Waals surface area contributed by atoms with E-state index in [4.69, 9.17) is 11.6 Å². The van der Waals surface area contributed by atoms with Crippen molar-refractivity contribution in [3.8, 4) is 0 Å². The third kappa shape index (κ3) is 4.18. The van der Waals surface area contributed by atoms with Gasteiger partial charge >= 0.3 is 0 Å². The van der Waals surface area contributed by atoms with Crippen molar-refractivity contribution in [3.63, 3.8) is 0 Å². The van der Waals surface area contributed by atoms with E-state index in [1.54, 1.807) is 0 Å². The number of amides is 1. The van der Waals surface area contributed by atoms with Gasteiger partial charge in [0.1, 0.15) is 6.17 Å². The molecule has 0 saturated carbocycles. The van der Waals surface area contributed by atoms with Gasteiger partial charge in [-0.2, -0.15) is 0 Å². The number of anilines is 2. The summed E-state index contributed by atoms with van der Waals surface area (Å²) in [6.07, 6.45) is -0.235. The van der Waals surface area contributed by atoms with E-state index in [2.05, 4.69) is 62.5 Å². The van der Waals surface area contributed by atoms with Gasteiger partial charge in [-0.25, -0.2) is 0 Å². The summed E-state index contributed by atoms with van der Waals surface area (Å²) in [5.74, 6) is -0.0796. The lowest BCUT2D eigenvalue weighted by Gasteiger charge is -2.42. The second kappa shape index (κ2) is 9.23. The zero-order valence-electron chi connectivity index (χ0n) is 18.0. The van der Waals surface area contributed by atoms with Crippen molar-refractivity contribution in [2.75, 3.05) is 49.1 Å². The maximum atomic E-state index is 12.8. The second-order valence-electron chi connectivity index (χ2n) is 8.28. The van der Waals surface area contributed by atoms with Gasteiger partial charge in [-0.1, -0.05) is 66.2 Å². The Balaban J connectivity index is 1.33. The van der Waals surface area contributed by atoms with Crippen LogP contribution in [-0.2, 0) is 0 Å². The number of rotatable bonds is 5. The molecule has 0 radical (unpaired) electrons. The SMILES string of the molecule is O=C1NC(c2ccccc2)N(CCN2CCN(c3ccccc3)CC2)c2c(Cl)cccc21. The predicted octanol–water partition coefficient (Wildman–Crippen LogP) is 4.41. The van der Waals surface area contributed by atoms with E-state index in [1.165, 1.54) is 5.69 Å². The Morgan fingerprint density at radius 2 is 1.50 bits per heavy atom. The molecule has 0 spiro atoms. The van der Waals surface area contributed by atoms with Gasteiger partial charge in [0.2, 0.25) is 0 Å². The number of halogens is 1. The highest BCUT2D eigenvalue weighted by Crippen LogP contribution is 2.38. The van der Waals surface area contributed by atoms with Crippen molar-refractivity contribution >= 4 is 28.9 Å². The molecule has 2 aliphatic heterocycles. The number of hydrogen-bond acceptors (Lipinski definition) is 4. The number of piperazine rings is 1. The fourth-order valence-electron chi connectivity index (χ4n) is 4.66. The average molecular weight is 447 g/mol. The van der Waals surface area contributed by atoms with Gasteiger partial charge in [0, 0.05) is 45.0 Å². The van der Waals surface area contributed by atoms with Crippen LogP contribution in [0.4, 0.5) is 11.4 Å². The van der Waals surface area contributed by atoms with Crippen molar-refractivity contribution in [2.24, 2.45) is 0 Å². The monoisotopic (exact) mass is 446 g/mol. The molecule has 164 valence electrons. The van der Waals surface area contributed by atoms with Crippen LogP contribution in [0.5, 0.6) is 0 Å². The Bertz CT molecular complexity index is 1070. The molecule has 1 saturated heterocycles. The Morgan fingerprint density at radius 3 is 2.22 bits per heavy atom. The Morgan fingerprint density at radius 1 is 0.812 bits per heavy atom. The first-order valence-corrected chi connectivity index (χ1v) is 11.5. The lowest BCUT2D eigenvalue weighted by molar-refractivity contribution is 0.0925. The van der Waals surface area contributed by atoms with Crippen LogP contribution in [-0.4, -0.2) is 50.1 Å². The molecule has 6 heteroatoms. The van der Waals surface area contributed by atoms with Crippen LogP contribution in [0.25, 0.3) is 0 Å². The summed E-state index contributed by atoms with van der Waals surface area (Å²) in [4.78, 5) is 20.0. The molecule has 32 heavy (non-hydrogen) atoms. The number of nitrogens with one attached hydrogen (secondary N) is 1. The summed E-state index contributed by atoms with van der Waals surface area (Å²) in [5, 5.41) is 3.80. The van der Waals surface area contributed by atoms with Gasteiger partial charge in [0.05, 0.1) is 16.3 Å². The van der Waals surface area contributed by atoms with Crippen LogP contribution >= 0.6 is 11.6 Å². The first-order chi connectivity index (χ1) is 15.7. The lowest BCUT2D eigenvalue weighted by Crippen LogP contribution is -2.52. The van der Waals surface area contributed by atoms with Crippen LogP contribution in [0.3, 0.4) is 0 Å². The normalized spacial score (nSPS) is 18.9. The number of fused-ring (bicyclic) bond motifs is 1. The van der Waals surface area contributed by atoms with Crippen molar-refractivity contribution in [3.05, 3.63) is 95.0 Å². The van der Waals surface area contributed by atoms with E-state index in [0.717, 1.165) is 50.5 Å². The molecule has 5 nitrogen and oxygen atoms in total. The number of carbonyl (C=O) groups excluding carboxylic acids is 1. The van der Waals surface area contributed by atoms with Gasteiger partial charge in [-0.15, -0.1) is 0 Å². The topological polar surface area (TPSA) is 38.8 Å². The highest BCUT2D eigenvalue weighted by atomic mass is 35.5. The van der Waals surface area contributed by atoms with Crippen LogP contribution in [0.2, 0.25) is 5.02 Å². The first kappa shape index (κ1) is 20.9. The smallest absolute Gasteiger partial charge is 0.255 e. The summed E-state index contributed by atoms with van der Waals surface area (Å²) in [6.45, 7) is 5.75. The summed E-state index contributed by atoms with van der Waals surface area (Å²) >= 11 is 6.62. The van der Waals surface area contributed by atoms with Gasteiger partial charge in [0.25, 0.3) is 5.91 Å². The summed E-state index contributed by atoms with van der Waals surface area (Å²) in [5.41, 5.74) is 3.81. The minimum Gasteiger partial charge on any atom is -0.369 e. The molecule has 3 aromatic rings. The van der Waals surface area contributed by atoms with Crippen LogP contribution in [0.1, 0.15) is 22.1 Å². The molecule has 3 aromatic carbocycles. The summed E-state index contributed by atoms with van der Waals surface area (Å²) in [6, 6.07) is 26.3. The quantitative estimate of drug-likeness (QED) is 0.630. The third-order valence-corrected chi connectivity index (χ3v) is 6.67. The molecule has 1 atom stereocenters. The highest BCUT2D eigenvalue weighted by Gasteiger charge is 2.33. The van der Waals surface area contributed by atoms with Gasteiger partial charge in [0.15, 0.2) is 0 Å². The van der Waals surface area contributed by atoms with Gasteiger partial charge < -0.3 is 15.1 Å². The minimum absolute atomic E-state index is 0.0796. The lowest BCUT2D eigenvalue weighted by atomic mass is 10.0. The van der Waals surface area contributed by atoms with Gasteiger partial charge in [-0.3, -0.25) is 9.69 Å². The molecule has 2 aliphatic rings. The highest BCUT2D eigenvalue weighted by molar-refractivity contribution is 6.34. The van der Waals surface area contributed by atoms with E-state index in [9.17, 15) is 4.79 Å². The average Bonchev–Trinajstić information content (AvgIpc) is 2.85. The predicted molar refractivity (Wildman–Crippen MR) is 131 cm³/mol. The maximum Gasteiger partial charge on any atom is 0.255 e. The van der Waals surface area contributed by atoms with E-state index in [1.807, 2.05) is 36.4 Å². The Kier molecular flexibility index (Phi) is 6.02. The number of nitrogens with zero attached hydrogens (tertiary/aromatic N) is 3. The summed E-state index contributed by atoms with van der Waals surface area (Å²) < 4.78 is 0. The van der Waals surface area contributed by atoms with Gasteiger partial charge in [-0.05, 0) is 29.8 Å². The van der Waals surface area contributed by atoms with Crippen molar-refractivity contribution in [1.29, 1.82) is 0 Å². The molecule has 0 aromatic heterocycles. The molecule has 2 heterocycles. The fraction of sp³-hybridized carbons (Fsp3) is 0.269. The molecule has 0 bridgehead atoms. The fourth-order valence-corrected chi connectivity index (χ4v) is 4.94. The molecule has 1 N–H and O–H groups in total. The first-order valence-electron chi connectivity index (χ1n) is 11.1. The van der Waals surface area contributed by atoms with E-state index < -0.39 is 0 Å². The largest absolute Gasteiger partial charge is 0.369 e. The van der Waals surface area contributed by atoms with Crippen LogP contribution in [0, 0.1) is 0 Å². The second-order valence-corrected chi connectivity index (χ2v) is 8.69. The van der Waals surface area contributed by atoms with E-state index in [-0.39, 0.29) is 12.1 Å². The molecule has 5 rings (SSSR count). The molecule has 0 aliphatic carbocycles. The van der Waals surface area contributed by atoms with Crippen molar-refractivity contribution in [2.45, 2.75) is 6.17 Å². The molecule has 1 unspecified atom stereocenters. The standard InChI is InChI=1S/C26H27ClN4O/c27-23-13-7-12-22-24(23)31(25(28-26(22)32)20-8-3-1-4-9-20)19-16-29-14-17-30(18-15-29)21-10-5-2-6-11-21/h1-13,25H,14-19H2,(H,28,32). The number of para-hydroxylation sites is 2. The molecular weight excluding hydrogens is 420 g/mol. The zero-order valence-corrected chi connectivity index (χ0v) is 18.7. The molecule has 1 amide bonds. The molecule has 1 fully saturated rings. The van der Waals surface area contributed by atoms with E-state index in [0.29, 0.717) is 10.6 Å². The Hall–Kier alpha value is -3.02. The number of benzene rings is 3. The number of carbonyl (C=O) groups is 1. The summed E-state index contributed by atoms with van der Waals surface area (Å²) in [7, 11) is 0. The van der Waals surface area contributed by atoms with Crippen molar-refractivity contribution < 1.29 is 4.79 Å². The zero-order chi connectivity index (χ0) is 21.9. The van der Waals surface area contributed by atoms with E-state index >= 15 is 0 Å². The maximum absolute atomic E-state index is 12.8. The van der Waals surface area contributed by atoms with Crippen LogP contribution in [0.15, 0.2) is 78.9 Å². The third-order valence-electron chi connectivity index (χ3n) is 6.36. The number of hydrogen-bond donors (Lipinski definition) is 1. The van der Waals surface area contributed by atoms with Crippen molar-refractivity contribution in [1.82, 2.24) is 10.2 Å². The minimum atomic E-state index is -0.235.